The summed E-state index contributed by atoms with van der Waals surface area (Å²) in [5.74, 6) is 0.301. The first kappa shape index (κ1) is 27.5. The van der Waals surface area contributed by atoms with E-state index in [1.54, 1.807) is 0 Å². The molecule has 39 heavy (non-hydrogen) atoms. The van der Waals surface area contributed by atoms with Gasteiger partial charge >= 0.3 is 0 Å². The highest BCUT2D eigenvalue weighted by Crippen LogP contribution is 2.53. The molecule has 2 nitrogen and oxygen atoms in total. The maximum absolute atomic E-state index is 6.30. The minimum Gasteiger partial charge on any atom is -0.378 e. The zero-order valence-electron chi connectivity index (χ0n) is 22.7. The predicted molar refractivity (Wildman–Crippen MR) is 175 cm³/mol. The van der Waals surface area contributed by atoms with Gasteiger partial charge in [-0.25, -0.2) is 4.99 Å². The number of rotatable bonds is 8. The maximum atomic E-state index is 6.30. The van der Waals surface area contributed by atoms with E-state index in [9.17, 15) is 0 Å². The second-order valence-corrected chi connectivity index (χ2v) is 12.6. The van der Waals surface area contributed by atoms with Crippen LogP contribution in [0.25, 0.3) is 16.8 Å². The van der Waals surface area contributed by atoms with Crippen LogP contribution in [0.5, 0.6) is 0 Å². The molecule has 0 unspecified atom stereocenters. The van der Waals surface area contributed by atoms with E-state index in [2.05, 4.69) is 132 Å². The average molecular weight is 596 g/mol. The largest absolute Gasteiger partial charge is 0.378 e. The number of benzene rings is 4. The molecule has 0 fully saturated rings. The Kier molecular flexibility index (Phi) is 8.44. The lowest BCUT2D eigenvalue weighted by molar-refractivity contribution is 0.590. The minimum absolute atomic E-state index is 0.142. The Balaban J connectivity index is 1.29. The van der Waals surface area contributed by atoms with Crippen LogP contribution in [-0.4, -0.2) is 5.17 Å². The lowest BCUT2D eigenvalue weighted by Crippen LogP contribution is -2.29. The maximum Gasteiger partial charge on any atom is 0.163 e. The Morgan fingerprint density at radius 1 is 0.949 bits per heavy atom. The number of aliphatic imine (C=N–C) groups is 1. The quantitative estimate of drug-likeness (QED) is 0.125. The summed E-state index contributed by atoms with van der Waals surface area (Å²) in [5, 5.41) is 5.05. The molecule has 1 aliphatic rings. The fourth-order valence-corrected chi connectivity index (χ4v) is 7.56. The molecule has 0 atom stereocenters. The van der Waals surface area contributed by atoms with Gasteiger partial charge < -0.3 is 5.73 Å². The summed E-state index contributed by atoms with van der Waals surface area (Å²) in [4.78, 5) is 4.64. The molecule has 0 saturated heterocycles. The van der Waals surface area contributed by atoms with Crippen molar-refractivity contribution in [1.82, 2.24) is 0 Å². The van der Waals surface area contributed by atoms with Gasteiger partial charge in [0.25, 0.3) is 0 Å². The van der Waals surface area contributed by atoms with Gasteiger partial charge in [0, 0.05) is 11.6 Å². The third-order valence-corrected chi connectivity index (χ3v) is 9.58. The van der Waals surface area contributed by atoms with Gasteiger partial charge in [0.15, 0.2) is 5.17 Å². The Bertz CT molecular complexity index is 1520. The number of nitrogens with two attached hydrogens (primary N) is 1. The molecular formula is C35H35BrN2S. The molecule has 2 N–H and O–H groups in total. The number of thioether (sulfide) groups is 1. The van der Waals surface area contributed by atoms with Crippen molar-refractivity contribution in [2.24, 2.45) is 10.7 Å². The van der Waals surface area contributed by atoms with E-state index in [4.69, 9.17) is 5.73 Å². The molecule has 0 spiro atoms. The molecule has 4 aromatic rings. The van der Waals surface area contributed by atoms with Crippen molar-refractivity contribution in [2.45, 2.75) is 49.8 Å². The van der Waals surface area contributed by atoms with Crippen LogP contribution in [0.4, 0.5) is 0 Å². The number of hydrogen-bond donors (Lipinski definition) is 1. The molecule has 5 rings (SSSR count). The first-order valence-corrected chi connectivity index (χ1v) is 15.3. The van der Waals surface area contributed by atoms with E-state index in [-0.39, 0.29) is 4.32 Å². The van der Waals surface area contributed by atoms with E-state index < -0.39 is 0 Å². The van der Waals surface area contributed by atoms with E-state index in [0.717, 1.165) is 31.4 Å². The van der Waals surface area contributed by atoms with E-state index >= 15 is 0 Å². The van der Waals surface area contributed by atoms with Crippen molar-refractivity contribution in [1.29, 1.82) is 0 Å². The summed E-state index contributed by atoms with van der Waals surface area (Å²) in [7, 11) is 0. The van der Waals surface area contributed by atoms with Crippen LogP contribution in [-0.2, 0) is 4.32 Å². The van der Waals surface area contributed by atoms with Crippen molar-refractivity contribution in [3.63, 3.8) is 0 Å². The van der Waals surface area contributed by atoms with E-state index in [1.807, 2.05) is 5.41 Å². The SMILES string of the molecule is C=C(CCC1c2ccccc2C(Br)(CCC)c2ccccc21)N=C(N)S/C=C/c1ccc(C)c2ccccc12. The molecule has 4 aromatic carbocycles. The summed E-state index contributed by atoms with van der Waals surface area (Å²) < 4.78 is -0.142. The zero-order valence-corrected chi connectivity index (χ0v) is 25.1. The highest BCUT2D eigenvalue weighted by molar-refractivity contribution is 9.09. The summed E-state index contributed by atoms with van der Waals surface area (Å²) in [5.41, 5.74) is 15.1. The normalized spacial score (nSPS) is 18.7. The number of fused-ring (bicyclic) bond motifs is 3. The number of alkyl halides is 1. The monoisotopic (exact) mass is 594 g/mol. The van der Waals surface area contributed by atoms with Gasteiger partial charge in [-0.1, -0.05) is 133 Å². The highest BCUT2D eigenvalue weighted by atomic mass is 79.9. The Labute approximate surface area is 245 Å². The summed E-state index contributed by atoms with van der Waals surface area (Å²) >= 11 is 5.62. The first-order valence-electron chi connectivity index (χ1n) is 13.6. The molecule has 0 aromatic heterocycles. The lowest BCUT2D eigenvalue weighted by Gasteiger charge is -2.40. The van der Waals surface area contributed by atoms with Gasteiger partial charge in [0.05, 0.1) is 4.32 Å². The topological polar surface area (TPSA) is 38.4 Å². The number of amidine groups is 1. The third kappa shape index (κ3) is 5.64. The van der Waals surface area contributed by atoms with Gasteiger partial charge in [-0.15, -0.1) is 0 Å². The van der Waals surface area contributed by atoms with Crippen molar-refractivity contribution >= 4 is 49.7 Å². The van der Waals surface area contributed by atoms with Crippen molar-refractivity contribution in [3.05, 3.63) is 136 Å². The van der Waals surface area contributed by atoms with Crippen LogP contribution < -0.4 is 5.73 Å². The summed E-state index contributed by atoms with van der Waals surface area (Å²) in [6, 6.07) is 30.6. The van der Waals surface area contributed by atoms with Gasteiger partial charge in [-0.3, -0.25) is 0 Å². The Morgan fingerprint density at radius 2 is 1.56 bits per heavy atom. The standard InChI is InChI=1S/C35H35BrN2S/c1-4-22-35(36)32-15-9-7-13-30(32)29(31-14-8-10-16-33(31)35)20-18-25(3)38-34(37)39-23-21-26-19-17-24(2)27-11-5-6-12-28(26)27/h5-17,19,21,23,29H,3-4,18,20,22H2,1-2H3,(H2,37,38)/b23-21+. The molecule has 0 saturated carbocycles. The zero-order chi connectivity index (χ0) is 27.4. The molecule has 0 bridgehead atoms. The summed E-state index contributed by atoms with van der Waals surface area (Å²) in [6.45, 7) is 8.65. The Morgan fingerprint density at radius 3 is 2.23 bits per heavy atom. The fourth-order valence-electron chi connectivity index (χ4n) is 5.91. The molecular weight excluding hydrogens is 560 g/mol. The Hall–Kier alpha value is -3.08. The number of aryl methyl sites for hydroxylation is 1. The van der Waals surface area contributed by atoms with Crippen LogP contribution in [0.15, 0.2) is 108 Å². The second kappa shape index (κ2) is 12.0. The van der Waals surface area contributed by atoms with E-state index in [1.165, 1.54) is 55.9 Å². The molecule has 0 radical (unpaired) electrons. The number of hydrogen-bond acceptors (Lipinski definition) is 2. The predicted octanol–water partition coefficient (Wildman–Crippen LogP) is 10.0. The van der Waals surface area contributed by atoms with Crippen molar-refractivity contribution < 1.29 is 0 Å². The number of nitrogens with zero attached hydrogens (tertiary/aromatic N) is 1. The van der Waals surface area contributed by atoms with Gasteiger partial charge in [-0.05, 0) is 81.8 Å². The molecule has 0 amide bonds. The van der Waals surface area contributed by atoms with Crippen LogP contribution in [0.2, 0.25) is 0 Å². The van der Waals surface area contributed by atoms with Crippen LogP contribution in [0, 0.1) is 6.92 Å². The van der Waals surface area contributed by atoms with Crippen LogP contribution >= 0.6 is 27.7 Å². The number of allylic oxidation sites excluding steroid dienone is 1. The van der Waals surface area contributed by atoms with Crippen LogP contribution in [0.1, 0.15) is 71.9 Å². The van der Waals surface area contributed by atoms with Gasteiger partial charge in [0.2, 0.25) is 0 Å². The molecule has 198 valence electrons. The van der Waals surface area contributed by atoms with Crippen molar-refractivity contribution in [2.75, 3.05) is 0 Å². The smallest absolute Gasteiger partial charge is 0.163 e. The molecule has 0 aliphatic heterocycles. The molecule has 4 heteroatoms. The molecule has 0 heterocycles. The number of halogens is 1. The fraction of sp³-hybridized carbons (Fsp3) is 0.229. The second-order valence-electron chi connectivity index (χ2n) is 10.3. The van der Waals surface area contributed by atoms with Crippen molar-refractivity contribution in [3.8, 4) is 0 Å². The van der Waals surface area contributed by atoms with E-state index in [0.29, 0.717) is 11.1 Å². The van der Waals surface area contributed by atoms with Gasteiger partial charge in [-0.2, -0.15) is 0 Å². The lowest BCUT2D eigenvalue weighted by atomic mass is 9.69. The highest BCUT2D eigenvalue weighted by Gasteiger charge is 2.40. The third-order valence-electron chi connectivity index (χ3n) is 7.72. The van der Waals surface area contributed by atoms with Crippen LogP contribution in [0.3, 0.4) is 0 Å². The summed E-state index contributed by atoms with van der Waals surface area (Å²) in [6.07, 6.45) is 6.00. The molecule has 1 aliphatic carbocycles. The first-order chi connectivity index (χ1) is 18.9. The average Bonchev–Trinajstić information content (AvgIpc) is 2.95. The minimum atomic E-state index is -0.142. The van der Waals surface area contributed by atoms with Gasteiger partial charge in [0.1, 0.15) is 0 Å².